The van der Waals surface area contributed by atoms with Crippen molar-refractivity contribution in [3.8, 4) is 0 Å². The summed E-state index contributed by atoms with van der Waals surface area (Å²) in [7, 11) is 0. The van der Waals surface area contributed by atoms with E-state index in [1.165, 1.54) is 16.7 Å². The highest BCUT2D eigenvalue weighted by atomic mass is 127. The molecule has 38 heavy (non-hydrogen) atoms. The van der Waals surface area contributed by atoms with Crippen LogP contribution in [0.4, 0.5) is 0 Å². The lowest BCUT2D eigenvalue weighted by Crippen LogP contribution is -3.42. The van der Waals surface area contributed by atoms with Gasteiger partial charge < -0.3 is 22.6 Å². The minimum atomic E-state index is -0.261. The molecule has 0 aromatic heterocycles. The van der Waals surface area contributed by atoms with Crippen molar-refractivity contribution in [2.75, 3.05) is 0 Å². The minimum Gasteiger partial charge on any atom is -0.781 e. The van der Waals surface area contributed by atoms with Crippen molar-refractivity contribution in [1.82, 2.24) is 0 Å². The molecule has 0 bridgehead atoms. The Morgan fingerprint density at radius 1 is 0.737 bits per heavy atom. The summed E-state index contributed by atoms with van der Waals surface area (Å²) in [4.78, 5) is 0. The zero-order valence-electron chi connectivity index (χ0n) is 21.8. The summed E-state index contributed by atoms with van der Waals surface area (Å²) in [6, 6.07) is 31.5. The van der Waals surface area contributed by atoms with Crippen LogP contribution in [0.3, 0.4) is 0 Å². The van der Waals surface area contributed by atoms with Crippen LogP contribution < -0.4 is 22.6 Å². The van der Waals surface area contributed by atoms with Gasteiger partial charge in [0.1, 0.15) is 0 Å². The Morgan fingerprint density at radius 2 is 1.18 bits per heavy atom. The maximum absolute atomic E-state index is 4.76. The Hall–Kier alpha value is -3.57. The van der Waals surface area contributed by atoms with Crippen LogP contribution in [0.2, 0.25) is 0 Å². The van der Waals surface area contributed by atoms with Gasteiger partial charge in [-0.1, -0.05) is 135 Å². The van der Waals surface area contributed by atoms with Gasteiger partial charge in [0.15, 0.2) is 0 Å². The fourth-order valence-corrected chi connectivity index (χ4v) is 5.41. The zero-order chi connectivity index (χ0) is 26.4. The fourth-order valence-electron chi connectivity index (χ4n) is 4.77. The molecule has 5 rings (SSSR count). The molecule has 2 unspecified atom stereocenters. The number of allylic oxidation sites excluding steroid dienone is 9. The van der Waals surface area contributed by atoms with Crippen molar-refractivity contribution in [3.63, 3.8) is 0 Å². The van der Waals surface area contributed by atoms with Crippen LogP contribution in [0.25, 0.3) is 11.1 Å². The van der Waals surface area contributed by atoms with Crippen LogP contribution in [0.15, 0.2) is 161 Å². The standard InChI is InChI=1S/C35H31IN2/c1-26-13-12-20-30(21-26)34(29-18-10-5-11-19-29)23-32-25-35(2,36)24-31(37-38-32)22-33(27-14-6-3-7-15-27)28-16-8-4-9-17-28/h3-12,14-26H,13H2,1-2H3/q-1/b34-23+. The third kappa shape index (κ3) is 6.65. The smallest absolute Gasteiger partial charge is 0.0812 e. The molecule has 0 spiro atoms. The molecule has 0 saturated heterocycles. The van der Waals surface area contributed by atoms with Gasteiger partial charge in [-0.2, -0.15) is 10.2 Å². The third-order valence-corrected chi connectivity index (χ3v) is 7.18. The second-order valence-electron chi connectivity index (χ2n) is 9.94. The SMILES string of the molecule is CC1C=C(/C(=C/C2=CC(C)([I-])C=C(C=C(c3ccccc3)c3ccccc3)N=N2)c2ccccc2)C=CC1. The van der Waals surface area contributed by atoms with Crippen molar-refractivity contribution in [2.24, 2.45) is 16.1 Å². The first-order valence-electron chi connectivity index (χ1n) is 13.0. The summed E-state index contributed by atoms with van der Waals surface area (Å²) in [5.74, 6) is 0.509. The molecule has 2 aliphatic rings. The van der Waals surface area contributed by atoms with E-state index >= 15 is 0 Å². The van der Waals surface area contributed by atoms with E-state index in [4.69, 9.17) is 10.2 Å². The molecule has 0 amide bonds. The molecular formula is C35H31IN2-. The number of azo groups is 1. The quantitative estimate of drug-likeness (QED) is 0.234. The highest BCUT2D eigenvalue weighted by Gasteiger charge is 2.15. The van der Waals surface area contributed by atoms with Crippen LogP contribution >= 0.6 is 0 Å². The van der Waals surface area contributed by atoms with Crippen molar-refractivity contribution < 1.29 is 22.6 Å². The highest BCUT2D eigenvalue weighted by molar-refractivity contribution is 5.84. The minimum absolute atomic E-state index is 0.261. The lowest BCUT2D eigenvalue weighted by molar-refractivity contribution is -0.434. The highest BCUT2D eigenvalue weighted by Crippen LogP contribution is 2.32. The summed E-state index contributed by atoms with van der Waals surface area (Å²) in [6.07, 6.45) is 16.6. The first-order chi connectivity index (χ1) is 18.5. The first-order valence-corrected chi connectivity index (χ1v) is 14.1. The molecular weight excluding hydrogens is 575 g/mol. The lowest BCUT2D eigenvalue weighted by Gasteiger charge is -2.29. The molecule has 2 atom stereocenters. The molecule has 1 aliphatic heterocycles. The van der Waals surface area contributed by atoms with Gasteiger partial charge in [-0.3, -0.25) is 0 Å². The largest absolute Gasteiger partial charge is 0.781 e. The van der Waals surface area contributed by atoms with Crippen LogP contribution in [0, 0.1) is 5.92 Å². The molecule has 0 N–H and O–H groups in total. The Bertz CT molecular complexity index is 1440. The van der Waals surface area contributed by atoms with Crippen LogP contribution in [0.5, 0.6) is 0 Å². The average molecular weight is 607 g/mol. The van der Waals surface area contributed by atoms with E-state index in [-0.39, 0.29) is 3.42 Å². The predicted molar refractivity (Wildman–Crippen MR) is 155 cm³/mol. The van der Waals surface area contributed by atoms with E-state index in [1.54, 1.807) is 0 Å². The molecule has 1 aliphatic carbocycles. The van der Waals surface area contributed by atoms with Gasteiger partial charge in [0.25, 0.3) is 0 Å². The van der Waals surface area contributed by atoms with E-state index in [0.717, 1.165) is 34.5 Å². The number of rotatable bonds is 6. The lowest BCUT2D eigenvalue weighted by atomic mass is 9.89. The number of halogens is 1. The van der Waals surface area contributed by atoms with Crippen LogP contribution in [-0.4, -0.2) is 3.42 Å². The molecule has 189 valence electrons. The average Bonchev–Trinajstić information content (AvgIpc) is 3.08. The van der Waals surface area contributed by atoms with Crippen LogP contribution in [0.1, 0.15) is 37.0 Å². The fraction of sp³-hybridized carbons (Fsp3) is 0.143. The van der Waals surface area contributed by atoms with Gasteiger partial charge in [0.05, 0.1) is 11.4 Å². The van der Waals surface area contributed by atoms with Gasteiger partial charge in [-0.25, -0.2) is 0 Å². The molecule has 0 fully saturated rings. The maximum atomic E-state index is 4.76. The molecule has 3 heteroatoms. The van der Waals surface area contributed by atoms with Gasteiger partial charge in [0, 0.05) is 0 Å². The van der Waals surface area contributed by atoms with E-state index in [2.05, 4.69) is 158 Å². The van der Waals surface area contributed by atoms with E-state index in [1.807, 2.05) is 12.1 Å². The van der Waals surface area contributed by atoms with Gasteiger partial charge in [-0.05, 0) is 57.9 Å². The molecule has 3 aromatic rings. The summed E-state index contributed by atoms with van der Waals surface area (Å²) in [5.41, 5.74) is 8.70. The number of benzene rings is 3. The van der Waals surface area contributed by atoms with Gasteiger partial charge in [0.2, 0.25) is 0 Å². The van der Waals surface area contributed by atoms with Gasteiger partial charge >= 0.3 is 0 Å². The van der Waals surface area contributed by atoms with Crippen molar-refractivity contribution in [3.05, 3.63) is 167 Å². The topological polar surface area (TPSA) is 24.7 Å². The maximum Gasteiger partial charge on any atom is 0.0812 e. The Morgan fingerprint density at radius 3 is 1.66 bits per heavy atom. The third-order valence-electron chi connectivity index (χ3n) is 6.56. The predicted octanol–water partition coefficient (Wildman–Crippen LogP) is 6.27. The second kappa shape index (κ2) is 11.9. The second-order valence-corrected chi connectivity index (χ2v) is 12.3. The van der Waals surface area contributed by atoms with Crippen molar-refractivity contribution in [2.45, 2.75) is 23.7 Å². The molecule has 3 aromatic carbocycles. The summed E-state index contributed by atoms with van der Waals surface area (Å²) in [6.45, 7) is 4.46. The van der Waals surface area contributed by atoms with Crippen molar-refractivity contribution in [1.29, 1.82) is 0 Å². The number of hydrogen-bond donors (Lipinski definition) is 0. The number of alkyl halides is 1. The summed E-state index contributed by atoms with van der Waals surface area (Å²) in [5, 5.41) is 9.51. The number of nitrogens with zero attached hydrogens (tertiary/aromatic N) is 2. The number of hydrogen-bond acceptors (Lipinski definition) is 2. The van der Waals surface area contributed by atoms with E-state index in [9.17, 15) is 0 Å². The normalized spacial score (nSPS) is 21.2. The van der Waals surface area contributed by atoms with Crippen LogP contribution in [-0.2, 0) is 0 Å². The molecule has 2 nitrogen and oxygen atoms in total. The summed E-state index contributed by atoms with van der Waals surface area (Å²) >= 11 is 2.48. The Labute approximate surface area is 239 Å². The molecule has 1 heterocycles. The zero-order valence-corrected chi connectivity index (χ0v) is 23.9. The van der Waals surface area contributed by atoms with E-state index in [0.29, 0.717) is 5.92 Å². The monoisotopic (exact) mass is 606 g/mol. The Kier molecular flexibility index (Phi) is 8.14. The molecule has 1 radical (unpaired) electrons. The Balaban J connectivity index is 1.56. The first kappa shape index (κ1) is 26.1. The van der Waals surface area contributed by atoms with Crippen molar-refractivity contribution >= 4 is 11.1 Å². The molecule has 0 saturated carbocycles. The van der Waals surface area contributed by atoms with E-state index < -0.39 is 0 Å². The summed E-state index contributed by atoms with van der Waals surface area (Å²) < 4.78 is -0.261. The van der Waals surface area contributed by atoms with Gasteiger partial charge in [-0.15, -0.1) is 3.42 Å².